The summed E-state index contributed by atoms with van der Waals surface area (Å²) in [6.45, 7) is 3.54. The summed E-state index contributed by atoms with van der Waals surface area (Å²) in [6, 6.07) is 12.2. The zero-order valence-corrected chi connectivity index (χ0v) is 12.9. The topological polar surface area (TPSA) is 33.5 Å². The molecule has 3 nitrogen and oxygen atoms in total. The first-order chi connectivity index (χ1) is 10.2. The first kappa shape index (κ1) is 14.3. The Balaban J connectivity index is 1.58. The predicted octanol–water partition coefficient (Wildman–Crippen LogP) is 3.49. The van der Waals surface area contributed by atoms with Gasteiger partial charge in [0, 0.05) is 13.1 Å². The number of benzene rings is 1. The molecule has 110 valence electrons. The summed E-state index contributed by atoms with van der Waals surface area (Å²) in [6.07, 6.45) is 2.63. The largest absolute Gasteiger partial charge is 0.468 e. The second-order valence-corrected chi connectivity index (χ2v) is 6.64. The maximum Gasteiger partial charge on any atom is 0.235 e. The van der Waals surface area contributed by atoms with E-state index in [0.29, 0.717) is 0 Å². The van der Waals surface area contributed by atoms with Crippen molar-refractivity contribution in [3.63, 3.8) is 0 Å². The summed E-state index contributed by atoms with van der Waals surface area (Å²) in [5.74, 6) is 1.88. The molecule has 1 atom stereocenters. The van der Waals surface area contributed by atoms with Crippen LogP contribution in [0.4, 0.5) is 0 Å². The van der Waals surface area contributed by atoms with E-state index in [1.807, 2.05) is 30.0 Å². The minimum atomic E-state index is -0.0413. The molecule has 0 fully saturated rings. The Morgan fingerprint density at radius 1 is 1.29 bits per heavy atom. The smallest absolute Gasteiger partial charge is 0.235 e. The van der Waals surface area contributed by atoms with Crippen LogP contribution in [0.3, 0.4) is 0 Å². The fourth-order valence-corrected chi connectivity index (χ4v) is 3.48. The van der Waals surface area contributed by atoms with Gasteiger partial charge in [-0.2, -0.15) is 0 Å². The maximum absolute atomic E-state index is 12.5. The van der Waals surface area contributed by atoms with Crippen LogP contribution < -0.4 is 0 Å². The number of amides is 1. The maximum atomic E-state index is 12.5. The van der Waals surface area contributed by atoms with E-state index < -0.39 is 0 Å². The molecule has 1 aromatic heterocycles. The molecular formula is C17H19NO2S. The summed E-state index contributed by atoms with van der Waals surface area (Å²) >= 11 is 1.63. The summed E-state index contributed by atoms with van der Waals surface area (Å²) < 4.78 is 5.31. The van der Waals surface area contributed by atoms with E-state index in [4.69, 9.17) is 4.42 Å². The highest BCUT2D eigenvalue weighted by Gasteiger charge is 2.24. The molecule has 1 aliphatic rings. The van der Waals surface area contributed by atoms with Gasteiger partial charge < -0.3 is 9.32 Å². The van der Waals surface area contributed by atoms with E-state index in [1.165, 1.54) is 11.1 Å². The van der Waals surface area contributed by atoms with Crippen molar-refractivity contribution in [2.24, 2.45) is 0 Å². The molecule has 2 heterocycles. The molecule has 2 aromatic rings. The van der Waals surface area contributed by atoms with Crippen LogP contribution in [0.1, 0.15) is 23.8 Å². The lowest BCUT2D eigenvalue weighted by Gasteiger charge is -2.30. The molecule has 3 rings (SSSR count). The molecule has 1 aromatic carbocycles. The average Bonchev–Trinajstić information content (AvgIpc) is 3.05. The van der Waals surface area contributed by atoms with E-state index in [-0.39, 0.29) is 11.2 Å². The molecule has 0 saturated carbocycles. The van der Waals surface area contributed by atoms with Crippen LogP contribution in [0.2, 0.25) is 0 Å². The van der Waals surface area contributed by atoms with Crippen molar-refractivity contribution in [3.8, 4) is 0 Å². The van der Waals surface area contributed by atoms with Crippen LogP contribution in [0.25, 0.3) is 0 Å². The summed E-state index contributed by atoms with van der Waals surface area (Å²) in [5, 5.41) is -0.0413. The van der Waals surface area contributed by atoms with Crippen LogP contribution in [-0.4, -0.2) is 22.6 Å². The van der Waals surface area contributed by atoms with Gasteiger partial charge >= 0.3 is 0 Å². The lowest BCUT2D eigenvalue weighted by molar-refractivity contribution is -0.131. The zero-order chi connectivity index (χ0) is 14.7. The van der Waals surface area contributed by atoms with Crippen molar-refractivity contribution < 1.29 is 9.21 Å². The van der Waals surface area contributed by atoms with Crippen molar-refractivity contribution in [2.75, 3.05) is 6.54 Å². The second kappa shape index (κ2) is 6.39. The van der Waals surface area contributed by atoms with Crippen molar-refractivity contribution in [2.45, 2.75) is 30.9 Å². The molecule has 1 amide bonds. The Morgan fingerprint density at radius 3 is 2.86 bits per heavy atom. The van der Waals surface area contributed by atoms with Crippen molar-refractivity contribution >= 4 is 17.7 Å². The third kappa shape index (κ3) is 3.32. The van der Waals surface area contributed by atoms with Crippen LogP contribution in [0.15, 0.2) is 47.1 Å². The van der Waals surface area contributed by atoms with E-state index in [0.717, 1.165) is 31.0 Å². The lowest BCUT2D eigenvalue weighted by atomic mass is 10.00. The average molecular weight is 301 g/mol. The number of carbonyl (C=O) groups excluding carboxylic acids is 1. The quantitative estimate of drug-likeness (QED) is 0.867. The minimum Gasteiger partial charge on any atom is -0.468 e. The normalized spacial score (nSPS) is 15.6. The standard InChI is InChI=1S/C17H19NO2S/c1-13(21-12-16-7-4-10-20-16)17(19)18-9-8-14-5-2-3-6-15(14)11-18/h2-7,10,13H,8-9,11-12H2,1H3. The minimum absolute atomic E-state index is 0.0413. The first-order valence-corrected chi connectivity index (χ1v) is 8.28. The van der Waals surface area contributed by atoms with Gasteiger partial charge in [0.15, 0.2) is 0 Å². The zero-order valence-electron chi connectivity index (χ0n) is 12.1. The van der Waals surface area contributed by atoms with Gasteiger partial charge in [-0.1, -0.05) is 24.3 Å². The van der Waals surface area contributed by atoms with Gasteiger partial charge in [0.2, 0.25) is 5.91 Å². The predicted molar refractivity (Wildman–Crippen MR) is 85.0 cm³/mol. The van der Waals surface area contributed by atoms with Crippen molar-refractivity contribution in [1.82, 2.24) is 4.90 Å². The SMILES string of the molecule is CC(SCc1ccco1)C(=O)N1CCc2ccccc2C1. The molecule has 21 heavy (non-hydrogen) atoms. The van der Waals surface area contributed by atoms with Crippen LogP contribution >= 0.6 is 11.8 Å². The molecule has 0 radical (unpaired) electrons. The molecular weight excluding hydrogens is 282 g/mol. The fraction of sp³-hybridized carbons (Fsp3) is 0.353. The van der Waals surface area contributed by atoms with Gasteiger partial charge in [-0.3, -0.25) is 4.79 Å². The van der Waals surface area contributed by atoms with Crippen molar-refractivity contribution in [3.05, 3.63) is 59.5 Å². The van der Waals surface area contributed by atoms with Gasteiger partial charge in [0.25, 0.3) is 0 Å². The van der Waals surface area contributed by atoms with Crippen LogP contribution in [0.5, 0.6) is 0 Å². The fourth-order valence-electron chi connectivity index (χ4n) is 2.61. The van der Waals surface area contributed by atoms with Gasteiger partial charge in [0.05, 0.1) is 17.3 Å². The number of carbonyl (C=O) groups is 1. The Labute approximate surface area is 129 Å². The Bertz CT molecular complexity index is 609. The molecule has 0 spiro atoms. The summed E-state index contributed by atoms with van der Waals surface area (Å²) in [4.78, 5) is 14.5. The monoisotopic (exact) mass is 301 g/mol. The highest BCUT2D eigenvalue weighted by Crippen LogP contribution is 2.23. The molecule has 4 heteroatoms. The summed E-state index contributed by atoms with van der Waals surface area (Å²) in [5.41, 5.74) is 2.65. The van der Waals surface area contributed by atoms with Crippen LogP contribution in [0, 0.1) is 0 Å². The number of hydrogen-bond acceptors (Lipinski definition) is 3. The number of nitrogens with zero attached hydrogens (tertiary/aromatic N) is 1. The molecule has 1 unspecified atom stereocenters. The van der Waals surface area contributed by atoms with Crippen LogP contribution in [-0.2, 0) is 23.5 Å². The number of fused-ring (bicyclic) bond motifs is 1. The lowest BCUT2D eigenvalue weighted by Crippen LogP contribution is -2.40. The molecule has 0 N–H and O–H groups in total. The van der Waals surface area contributed by atoms with Gasteiger partial charge in [-0.05, 0) is 36.6 Å². The van der Waals surface area contributed by atoms with E-state index in [9.17, 15) is 4.79 Å². The Hall–Kier alpha value is -1.68. The van der Waals surface area contributed by atoms with E-state index in [2.05, 4.69) is 18.2 Å². The van der Waals surface area contributed by atoms with E-state index >= 15 is 0 Å². The first-order valence-electron chi connectivity index (χ1n) is 7.23. The Morgan fingerprint density at radius 2 is 2.10 bits per heavy atom. The number of rotatable bonds is 4. The van der Waals surface area contributed by atoms with Gasteiger partial charge in [0.1, 0.15) is 5.76 Å². The summed E-state index contributed by atoms with van der Waals surface area (Å²) in [7, 11) is 0. The highest BCUT2D eigenvalue weighted by molar-refractivity contribution is 7.99. The number of thioether (sulfide) groups is 1. The molecule has 0 aliphatic carbocycles. The number of hydrogen-bond donors (Lipinski definition) is 0. The van der Waals surface area contributed by atoms with Crippen molar-refractivity contribution in [1.29, 1.82) is 0 Å². The van der Waals surface area contributed by atoms with Gasteiger partial charge in [-0.25, -0.2) is 0 Å². The number of furan rings is 1. The molecule has 0 saturated heterocycles. The highest BCUT2D eigenvalue weighted by atomic mass is 32.2. The van der Waals surface area contributed by atoms with Gasteiger partial charge in [-0.15, -0.1) is 11.8 Å². The molecule has 1 aliphatic heterocycles. The third-order valence-electron chi connectivity index (χ3n) is 3.85. The second-order valence-electron chi connectivity index (χ2n) is 5.31. The molecule has 0 bridgehead atoms. The van der Waals surface area contributed by atoms with E-state index in [1.54, 1.807) is 18.0 Å². The third-order valence-corrected chi connectivity index (χ3v) is 5.00. The Kier molecular flexibility index (Phi) is 4.34.